The van der Waals surface area contributed by atoms with Crippen LogP contribution in [-0.4, -0.2) is 23.6 Å². The van der Waals surface area contributed by atoms with Crippen LogP contribution in [0.15, 0.2) is 81.7 Å². The van der Waals surface area contributed by atoms with E-state index in [1.165, 1.54) is 15.1 Å². The molecule has 1 aromatic heterocycles. The predicted octanol–water partition coefficient (Wildman–Crippen LogP) is 6.33. The molecule has 2 heterocycles. The third-order valence-corrected chi connectivity index (χ3v) is 8.01. The molecular formula is C25H26N3OS3+. The predicted molar refractivity (Wildman–Crippen MR) is 140 cm³/mol. The fourth-order valence-electron chi connectivity index (χ4n) is 3.58. The van der Waals surface area contributed by atoms with Gasteiger partial charge in [0, 0.05) is 23.6 Å². The van der Waals surface area contributed by atoms with E-state index in [0.717, 1.165) is 27.3 Å². The quantitative estimate of drug-likeness (QED) is 0.316. The molecule has 4 rings (SSSR count). The van der Waals surface area contributed by atoms with Gasteiger partial charge in [-0.15, -0.1) is 11.8 Å². The molecule has 0 bridgehead atoms. The molecule has 4 nitrogen and oxygen atoms in total. The summed E-state index contributed by atoms with van der Waals surface area (Å²) in [5.41, 5.74) is 2.34. The first kappa shape index (κ1) is 22.7. The minimum absolute atomic E-state index is 0.0189. The van der Waals surface area contributed by atoms with E-state index in [0.29, 0.717) is 6.54 Å². The molecule has 1 N–H and O–H groups in total. The molecule has 7 heteroatoms. The van der Waals surface area contributed by atoms with Gasteiger partial charge >= 0.3 is 0 Å². The molecule has 164 valence electrons. The number of carbonyl (C=O) groups is 1. The fourth-order valence-corrected chi connectivity index (χ4v) is 6.41. The van der Waals surface area contributed by atoms with Crippen molar-refractivity contribution < 1.29 is 9.36 Å². The second-order valence-corrected chi connectivity index (χ2v) is 10.0. The van der Waals surface area contributed by atoms with Crippen LogP contribution in [0.1, 0.15) is 18.9 Å². The molecule has 2 aromatic carbocycles. The Balaban J connectivity index is 1.53. The Hall–Kier alpha value is -2.48. The summed E-state index contributed by atoms with van der Waals surface area (Å²) in [6.45, 7) is 5.67. The van der Waals surface area contributed by atoms with Crippen LogP contribution in [0.3, 0.4) is 0 Å². The molecule has 1 aliphatic rings. The number of nitrogens with one attached hydrogen (secondary N) is 1. The number of aromatic nitrogens is 1. The van der Waals surface area contributed by atoms with Gasteiger partial charge in [0.15, 0.2) is 0 Å². The number of thiazole rings is 1. The summed E-state index contributed by atoms with van der Waals surface area (Å²) in [6, 6.07) is 16.6. The van der Waals surface area contributed by atoms with Gasteiger partial charge in [-0.3, -0.25) is 4.79 Å². The normalized spacial score (nSPS) is 14.8. The van der Waals surface area contributed by atoms with Gasteiger partial charge in [-0.25, -0.2) is 0 Å². The summed E-state index contributed by atoms with van der Waals surface area (Å²) in [6.07, 6.45) is 9.58. The highest BCUT2D eigenvalue weighted by atomic mass is 32.2. The van der Waals surface area contributed by atoms with Crippen molar-refractivity contribution in [3.05, 3.63) is 81.8 Å². The number of likely N-dealkylation sites (N-methyl/N-ethyl adjacent to an activating group) is 1. The maximum absolute atomic E-state index is 13.0. The number of anilines is 1. The Kier molecular flexibility index (Phi) is 7.40. The van der Waals surface area contributed by atoms with E-state index in [-0.39, 0.29) is 5.91 Å². The van der Waals surface area contributed by atoms with Crippen molar-refractivity contribution in [3.8, 4) is 0 Å². The lowest BCUT2D eigenvalue weighted by Crippen LogP contribution is -2.34. The highest BCUT2D eigenvalue weighted by Crippen LogP contribution is 2.40. The topological polar surface area (TPSA) is 36.2 Å². The molecule has 0 atom stereocenters. The molecule has 3 aromatic rings. The molecule has 0 spiro atoms. The average Bonchev–Trinajstić information content (AvgIpc) is 3.38. The van der Waals surface area contributed by atoms with Crippen molar-refractivity contribution in [2.45, 2.75) is 25.3 Å². The first-order valence-electron chi connectivity index (χ1n) is 10.6. The van der Waals surface area contributed by atoms with E-state index in [4.69, 9.17) is 0 Å². The highest BCUT2D eigenvalue weighted by Gasteiger charge is 2.21. The Morgan fingerprint density at radius 2 is 1.94 bits per heavy atom. The number of thioether (sulfide) groups is 2. The summed E-state index contributed by atoms with van der Waals surface area (Å²) in [4.78, 5) is 16.0. The third kappa shape index (κ3) is 4.80. The average molecular weight is 481 g/mol. The number of aryl methyl sites for hydroxylation is 1. The number of amides is 1. The van der Waals surface area contributed by atoms with Gasteiger partial charge in [-0.05, 0) is 44.4 Å². The molecule has 1 amide bonds. The van der Waals surface area contributed by atoms with E-state index in [1.807, 2.05) is 42.4 Å². The molecule has 0 unspecified atom stereocenters. The first-order chi connectivity index (χ1) is 15.6. The Labute approximate surface area is 201 Å². The number of allylic oxidation sites excluding steroid dienone is 2. The van der Waals surface area contributed by atoms with Gasteiger partial charge in [0.25, 0.3) is 10.9 Å². The van der Waals surface area contributed by atoms with Gasteiger partial charge in [0.1, 0.15) is 11.2 Å². The van der Waals surface area contributed by atoms with Crippen LogP contribution >= 0.6 is 34.9 Å². The van der Waals surface area contributed by atoms with E-state index >= 15 is 0 Å². The number of para-hydroxylation sites is 2. The molecule has 0 saturated carbocycles. The van der Waals surface area contributed by atoms with Crippen LogP contribution in [0.2, 0.25) is 0 Å². The van der Waals surface area contributed by atoms with Gasteiger partial charge < -0.3 is 10.2 Å². The minimum atomic E-state index is -0.0189. The number of fused-ring (bicyclic) bond motifs is 2. The largest absolute Gasteiger partial charge is 0.349 e. The second kappa shape index (κ2) is 10.4. The van der Waals surface area contributed by atoms with E-state index in [2.05, 4.69) is 59.3 Å². The Morgan fingerprint density at radius 3 is 2.69 bits per heavy atom. The van der Waals surface area contributed by atoms with Crippen LogP contribution in [0.4, 0.5) is 5.69 Å². The van der Waals surface area contributed by atoms with Crippen molar-refractivity contribution in [3.63, 3.8) is 0 Å². The lowest BCUT2D eigenvalue weighted by molar-refractivity contribution is -0.665. The van der Waals surface area contributed by atoms with Crippen molar-refractivity contribution in [1.29, 1.82) is 0 Å². The summed E-state index contributed by atoms with van der Waals surface area (Å²) in [7, 11) is 0. The number of benzene rings is 2. The van der Waals surface area contributed by atoms with E-state index in [1.54, 1.807) is 40.9 Å². The number of hydrogen-bond donors (Lipinski definition) is 1. The molecule has 1 aliphatic heterocycles. The van der Waals surface area contributed by atoms with Crippen molar-refractivity contribution in [2.24, 2.45) is 0 Å². The molecule has 0 fully saturated rings. The lowest BCUT2D eigenvalue weighted by Gasteiger charge is -2.20. The van der Waals surface area contributed by atoms with E-state index in [9.17, 15) is 4.79 Å². The molecule has 0 radical (unpaired) electrons. The van der Waals surface area contributed by atoms with Crippen molar-refractivity contribution >= 4 is 62.7 Å². The maximum atomic E-state index is 13.0. The minimum Gasteiger partial charge on any atom is -0.349 e. The molecule has 32 heavy (non-hydrogen) atoms. The monoisotopic (exact) mass is 480 g/mol. The van der Waals surface area contributed by atoms with Gasteiger partial charge in [-0.2, -0.15) is 4.57 Å². The SMILES string of the molecule is CCN(C(=O)C=CC=C1Nc2ccccc2S1)/C(=C/c1sc2ccccc2[n+]1CC)SC. The smallest absolute Gasteiger partial charge is 0.265 e. The molecular weight excluding hydrogens is 454 g/mol. The first-order valence-corrected chi connectivity index (χ1v) is 13.4. The fraction of sp³-hybridized carbons (Fsp3) is 0.200. The Bertz CT molecular complexity index is 1200. The van der Waals surface area contributed by atoms with Crippen molar-refractivity contribution in [2.75, 3.05) is 18.1 Å². The zero-order valence-electron chi connectivity index (χ0n) is 18.4. The summed E-state index contributed by atoms with van der Waals surface area (Å²) in [5, 5.41) is 6.50. The highest BCUT2D eigenvalue weighted by molar-refractivity contribution is 8.03. The number of carbonyl (C=O) groups excluding carboxylic acids is 1. The van der Waals surface area contributed by atoms with Crippen LogP contribution in [0, 0.1) is 0 Å². The third-order valence-electron chi connectivity index (χ3n) is 5.11. The van der Waals surface area contributed by atoms with Crippen LogP contribution in [0.25, 0.3) is 16.3 Å². The Morgan fingerprint density at radius 1 is 1.16 bits per heavy atom. The lowest BCUT2D eigenvalue weighted by atomic mass is 10.3. The van der Waals surface area contributed by atoms with Crippen LogP contribution < -0.4 is 9.88 Å². The molecule has 0 saturated heterocycles. The van der Waals surface area contributed by atoms with Gasteiger partial charge in [0.2, 0.25) is 5.52 Å². The van der Waals surface area contributed by atoms with E-state index < -0.39 is 0 Å². The number of nitrogens with zero attached hydrogens (tertiary/aromatic N) is 2. The maximum Gasteiger partial charge on any atom is 0.265 e. The number of rotatable bonds is 7. The van der Waals surface area contributed by atoms with Crippen LogP contribution in [-0.2, 0) is 11.3 Å². The summed E-state index contributed by atoms with van der Waals surface area (Å²) < 4.78 is 3.56. The second-order valence-electron chi connectivity index (χ2n) is 7.03. The number of hydrogen-bond acceptors (Lipinski definition) is 5. The summed E-state index contributed by atoms with van der Waals surface area (Å²) in [5.74, 6) is -0.0189. The zero-order chi connectivity index (χ0) is 22.5. The summed E-state index contributed by atoms with van der Waals surface area (Å²) >= 11 is 5.03. The zero-order valence-corrected chi connectivity index (χ0v) is 20.8. The van der Waals surface area contributed by atoms with Crippen molar-refractivity contribution in [1.82, 2.24) is 4.90 Å². The standard InChI is InChI=1S/C25H25N3OS3/c1-4-27-19-12-7-9-14-21(19)32-25(27)17-24(30-3)28(5-2)23(29)16-10-15-22-26-18-11-6-8-13-20(18)31-22/h6-17H,4-5H2,1-3H3/p+1. The molecule has 0 aliphatic carbocycles. The van der Waals surface area contributed by atoms with Gasteiger partial charge in [-0.1, -0.05) is 53.4 Å². The van der Waals surface area contributed by atoms with Crippen LogP contribution in [0.5, 0.6) is 0 Å². The van der Waals surface area contributed by atoms with Gasteiger partial charge in [0.05, 0.1) is 21.8 Å².